The lowest BCUT2D eigenvalue weighted by Crippen LogP contribution is -2.34. The van der Waals surface area contributed by atoms with Crippen LogP contribution in [0.5, 0.6) is 5.75 Å². The molecule has 1 atom stereocenters. The molecule has 0 spiro atoms. The summed E-state index contributed by atoms with van der Waals surface area (Å²) in [5.74, 6) is -1.46. The molecule has 1 aliphatic heterocycles. The first kappa shape index (κ1) is 27.4. The van der Waals surface area contributed by atoms with Crippen molar-refractivity contribution in [2.24, 2.45) is 0 Å². The summed E-state index contributed by atoms with van der Waals surface area (Å²) in [6, 6.07) is 11.6. The molecule has 0 aromatic heterocycles. The molecule has 1 aliphatic rings. The van der Waals surface area contributed by atoms with E-state index in [0.717, 1.165) is 45.3 Å². The molecule has 2 aromatic carbocycles. The number of unbranched alkanes of at least 4 members (excludes halogenated alkanes) is 2. The molecular formula is C29H37FN2O4. The second kappa shape index (κ2) is 13.2. The van der Waals surface area contributed by atoms with E-state index in [1.165, 1.54) is 24.3 Å². The summed E-state index contributed by atoms with van der Waals surface area (Å²) in [6.07, 6.45) is 5.20. The molecule has 0 radical (unpaired) electrons. The zero-order valence-electron chi connectivity index (χ0n) is 21.5. The van der Waals surface area contributed by atoms with Crippen LogP contribution >= 0.6 is 0 Å². The molecule has 1 amide bonds. The van der Waals surface area contributed by atoms with E-state index in [0.29, 0.717) is 29.8 Å². The number of carbonyl (C=O) groups is 2. The lowest BCUT2D eigenvalue weighted by molar-refractivity contribution is -0.140. The van der Waals surface area contributed by atoms with Crippen LogP contribution < -0.4 is 4.74 Å². The molecule has 1 N–H and O–H groups in total. The fourth-order valence-electron chi connectivity index (χ4n) is 4.57. The number of hydrogen-bond acceptors (Lipinski definition) is 5. The predicted octanol–water partition coefficient (Wildman–Crippen LogP) is 5.55. The molecule has 2 aromatic rings. The van der Waals surface area contributed by atoms with Gasteiger partial charge in [-0.1, -0.05) is 38.8 Å². The molecule has 1 heterocycles. The van der Waals surface area contributed by atoms with Gasteiger partial charge in [-0.2, -0.15) is 0 Å². The van der Waals surface area contributed by atoms with Crippen LogP contribution in [0.2, 0.25) is 0 Å². The number of nitrogens with zero attached hydrogens (tertiary/aromatic N) is 2. The number of Topliss-reactive ketones (excluding diaryl/α,β-unsaturated/α-hetero) is 1. The van der Waals surface area contributed by atoms with Crippen LogP contribution in [0, 0.1) is 5.82 Å². The van der Waals surface area contributed by atoms with Crippen molar-refractivity contribution in [1.29, 1.82) is 0 Å². The van der Waals surface area contributed by atoms with Gasteiger partial charge in [0, 0.05) is 12.1 Å². The van der Waals surface area contributed by atoms with Gasteiger partial charge in [0.2, 0.25) is 0 Å². The Morgan fingerprint density at radius 1 is 0.944 bits per heavy atom. The number of ketones is 1. The van der Waals surface area contributed by atoms with Gasteiger partial charge >= 0.3 is 0 Å². The fourth-order valence-corrected chi connectivity index (χ4v) is 4.57. The standard InChI is InChI=1S/C29H37FN2O4/c1-4-6-17-31(18-7-5-2)19-8-20-32-26(21-11-15-24(36-3)16-12-21)25(28(34)29(32)35)27(33)22-9-13-23(30)14-10-22/h9-16,26,33H,4-8,17-20H2,1-3H3/t26-/m0/s1. The SMILES string of the molecule is CCCCN(CCCC)CCCN1C(=O)C(=O)C(=C(O)c2ccc(F)cc2)[C@@H]1c1ccc(OC)cc1. The van der Waals surface area contributed by atoms with E-state index >= 15 is 0 Å². The van der Waals surface area contributed by atoms with E-state index in [1.807, 2.05) is 0 Å². The molecule has 0 aliphatic carbocycles. The average molecular weight is 497 g/mol. The van der Waals surface area contributed by atoms with Crippen molar-refractivity contribution in [2.45, 2.75) is 52.0 Å². The lowest BCUT2D eigenvalue weighted by Gasteiger charge is -2.27. The maximum atomic E-state index is 13.5. The van der Waals surface area contributed by atoms with Crippen LogP contribution in [0.1, 0.15) is 63.1 Å². The van der Waals surface area contributed by atoms with E-state index in [4.69, 9.17) is 4.74 Å². The van der Waals surface area contributed by atoms with Crippen LogP contribution in [0.3, 0.4) is 0 Å². The Balaban J connectivity index is 1.91. The summed E-state index contributed by atoms with van der Waals surface area (Å²) in [7, 11) is 1.57. The van der Waals surface area contributed by atoms with Gasteiger partial charge in [0.1, 0.15) is 17.3 Å². The highest BCUT2D eigenvalue weighted by molar-refractivity contribution is 6.46. The molecule has 0 unspecified atom stereocenters. The largest absolute Gasteiger partial charge is 0.507 e. The summed E-state index contributed by atoms with van der Waals surface area (Å²) in [4.78, 5) is 30.3. The number of aliphatic hydroxyl groups excluding tert-OH is 1. The van der Waals surface area contributed by atoms with Crippen LogP contribution in [-0.2, 0) is 9.59 Å². The van der Waals surface area contributed by atoms with Crippen molar-refractivity contribution in [3.05, 3.63) is 71.0 Å². The zero-order chi connectivity index (χ0) is 26.1. The van der Waals surface area contributed by atoms with E-state index in [1.54, 1.807) is 36.3 Å². The molecule has 3 rings (SSSR count). The van der Waals surface area contributed by atoms with Crippen molar-refractivity contribution < 1.29 is 23.8 Å². The number of amides is 1. The maximum absolute atomic E-state index is 13.5. The number of benzene rings is 2. The van der Waals surface area contributed by atoms with Crippen LogP contribution in [0.15, 0.2) is 54.1 Å². The molecule has 0 bridgehead atoms. The first-order valence-corrected chi connectivity index (χ1v) is 12.8. The summed E-state index contributed by atoms with van der Waals surface area (Å²) < 4.78 is 18.7. The minimum absolute atomic E-state index is 0.0191. The highest BCUT2D eigenvalue weighted by Crippen LogP contribution is 2.39. The van der Waals surface area contributed by atoms with Crippen LogP contribution in [-0.4, -0.2) is 59.9 Å². The minimum atomic E-state index is -0.735. The van der Waals surface area contributed by atoms with Gasteiger partial charge < -0.3 is 19.6 Å². The predicted molar refractivity (Wildman–Crippen MR) is 139 cm³/mol. The Bertz CT molecular complexity index is 1040. The highest BCUT2D eigenvalue weighted by atomic mass is 19.1. The smallest absolute Gasteiger partial charge is 0.295 e. The fraction of sp³-hybridized carbons (Fsp3) is 0.448. The third-order valence-corrected chi connectivity index (χ3v) is 6.62. The zero-order valence-corrected chi connectivity index (χ0v) is 21.5. The molecule has 194 valence electrons. The molecule has 1 fully saturated rings. The van der Waals surface area contributed by atoms with Gasteiger partial charge in [0.05, 0.1) is 18.7 Å². The molecule has 6 nitrogen and oxygen atoms in total. The average Bonchev–Trinajstić information content (AvgIpc) is 3.15. The second-order valence-electron chi connectivity index (χ2n) is 9.17. The highest BCUT2D eigenvalue weighted by Gasteiger charge is 2.45. The first-order valence-electron chi connectivity index (χ1n) is 12.8. The van der Waals surface area contributed by atoms with E-state index in [2.05, 4.69) is 18.7 Å². The Morgan fingerprint density at radius 2 is 1.53 bits per heavy atom. The topological polar surface area (TPSA) is 70.1 Å². The number of carbonyl (C=O) groups excluding carboxylic acids is 2. The van der Waals surface area contributed by atoms with E-state index in [-0.39, 0.29) is 11.3 Å². The molecule has 0 saturated carbocycles. The van der Waals surface area contributed by atoms with Crippen molar-refractivity contribution in [1.82, 2.24) is 9.80 Å². The maximum Gasteiger partial charge on any atom is 0.295 e. The summed E-state index contributed by atoms with van der Waals surface area (Å²) in [5, 5.41) is 11.1. The monoisotopic (exact) mass is 496 g/mol. The van der Waals surface area contributed by atoms with Crippen molar-refractivity contribution in [3.8, 4) is 5.75 Å². The Labute approximate surface area is 213 Å². The number of rotatable bonds is 13. The van der Waals surface area contributed by atoms with E-state index in [9.17, 15) is 19.1 Å². The van der Waals surface area contributed by atoms with Crippen molar-refractivity contribution in [2.75, 3.05) is 33.3 Å². The van der Waals surface area contributed by atoms with E-state index < -0.39 is 23.5 Å². The quantitative estimate of drug-likeness (QED) is 0.224. The van der Waals surface area contributed by atoms with Gasteiger partial charge in [-0.15, -0.1) is 0 Å². The third kappa shape index (κ3) is 6.52. The molecule has 7 heteroatoms. The normalized spacial score (nSPS) is 17.2. The summed E-state index contributed by atoms with van der Waals surface area (Å²) in [6.45, 7) is 7.59. The number of methoxy groups -OCH3 is 1. The van der Waals surface area contributed by atoms with Gasteiger partial charge in [-0.25, -0.2) is 4.39 Å². The van der Waals surface area contributed by atoms with Crippen molar-refractivity contribution >= 4 is 17.4 Å². The lowest BCUT2D eigenvalue weighted by atomic mass is 9.95. The third-order valence-electron chi connectivity index (χ3n) is 6.62. The molecule has 36 heavy (non-hydrogen) atoms. The van der Waals surface area contributed by atoms with Crippen LogP contribution in [0.25, 0.3) is 5.76 Å². The van der Waals surface area contributed by atoms with Crippen LogP contribution in [0.4, 0.5) is 4.39 Å². The second-order valence-corrected chi connectivity index (χ2v) is 9.17. The van der Waals surface area contributed by atoms with Gasteiger partial charge in [-0.3, -0.25) is 9.59 Å². The number of likely N-dealkylation sites (tertiary alicyclic amines) is 1. The number of ether oxygens (including phenoxy) is 1. The summed E-state index contributed by atoms with van der Waals surface area (Å²) in [5.41, 5.74) is 1.01. The molecule has 1 saturated heterocycles. The molecular weight excluding hydrogens is 459 g/mol. The Hall–Kier alpha value is -3.19. The van der Waals surface area contributed by atoms with Crippen molar-refractivity contribution in [3.63, 3.8) is 0 Å². The Morgan fingerprint density at radius 3 is 2.08 bits per heavy atom. The number of aliphatic hydroxyl groups is 1. The number of hydrogen-bond donors (Lipinski definition) is 1. The van der Waals surface area contributed by atoms with Gasteiger partial charge in [-0.05, 0) is 80.9 Å². The number of halogens is 1. The van der Waals surface area contributed by atoms with Gasteiger partial charge in [0.25, 0.3) is 11.7 Å². The minimum Gasteiger partial charge on any atom is -0.507 e. The van der Waals surface area contributed by atoms with Gasteiger partial charge in [0.15, 0.2) is 0 Å². The first-order chi connectivity index (χ1) is 17.4. The summed E-state index contributed by atoms with van der Waals surface area (Å²) >= 11 is 0. The Kier molecular flexibility index (Phi) is 10.1.